The van der Waals surface area contributed by atoms with Crippen LogP contribution in [0.2, 0.25) is 0 Å². The third-order valence-electron chi connectivity index (χ3n) is 12.1. The van der Waals surface area contributed by atoms with E-state index in [0.29, 0.717) is 156 Å². The van der Waals surface area contributed by atoms with Crippen LogP contribution in [0.25, 0.3) is 0 Å². The van der Waals surface area contributed by atoms with Gasteiger partial charge < -0.3 is 102 Å². The number of nitrogens with one attached hydrogen (secondary N) is 4. The van der Waals surface area contributed by atoms with Crippen LogP contribution >= 0.6 is 0 Å². The molecule has 1 saturated heterocycles. The standard InChI is InChI=1S/C61H100N6O24/c1-4-23-76-29-35-82-41-47-88-50-44-85-38-32-79-26-15-54(68)62-19-21-66(22-20-63-55(69)16-27-80-33-39-86-45-51-89-48-42-83-36-30-77-24-5-2)57(71)12-11-53(61(75)64-18-9-7-8-10-60(74)91-67-58(72)13-14-59(67)73)65-56(70)17-28-81-34-40-87-46-52-90-49-43-84-37-31-78-25-6-3/h1-3,53H,7-52H2,(H,62,68)(H,63,69)(H,64,75)(H,65,70)/t53-/m0/s1. The first-order chi connectivity index (χ1) is 44.5. The fourth-order valence-corrected chi connectivity index (χ4v) is 7.40. The second-order valence-electron chi connectivity index (χ2n) is 19.3. The van der Waals surface area contributed by atoms with Crippen LogP contribution in [0.1, 0.15) is 70.6 Å². The smallest absolute Gasteiger partial charge is 0.333 e. The molecule has 1 aliphatic rings. The average Bonchev–Trinajstić information content (AvgIpc) is 2.21. The lowest BCUT2D eigenvalue weighted by Crippen LogP contribution is -2.48. The molecule has 0 saturated carbocycles. The second kappa shape index (κ2) is 62.8. The first-order valence-corrected chi connectivity index (χ1v) is 30.9. The van der Waals surface area contributed by atoms with Crippen LogP contribution < -0.4 is 21.3 Å². The van der Waals surface area contributed by atoms with E-state index >= 15 is 0 Å². The summed E-state index contributed by atoms with van der Waals surface area (Å²) in [5, 5.41) is 11.6. The van der Waals surface area contributed by atoms with Crippen molar-refractivity contribution in [1.82, 2.24) is 31.2 Å². The van der Waals surface area contributed by atoms with Crippen LogP contribution in [-0.2, 0) is 114 Å². The topological polar surface area (TPSA) is 339 Å². The molecule has 1 rings (SSSR count). The van der Waals surface area contributed by atoms with Gasteiger partial charge in [0.1, 0.15) is 25.9 Å². The predicted octanol–water partition coefficient (Wildman–Crippen LogP) is -1.08. The van der Waals surface area contributed by atoms with Crippen molar-refractivity contribution in [1.29, 1.82) is 0 Å². The van der Waals surface area contributed by atoms with Gasteiger partial charge in [-0.2, -0.15) is 0 Å². The van der Waals surface area contributed by atoms with Gasteiger partial charge in [-0.25, -0.2) is 4.79 Å². The van der Waals surface area contributed by atoms with Gasteiger partial charge in [0.15, 0.2) is 0 Å². The van der Waals surface area contributed by atoms with Crippen molar-refractivity contribution in [3.63, 3.8) is 0 Å². The molecule has 0 radical (unpaired) electrons. The van der Waals surface area contributed by atoms with Crippen molar-refractivity contribution in [3.05, 3.63) is 0 Å². The molecular formula is C61H100N6O24. The van der Waals surface area contributed by atoms with E-state index in [1.807, 2.05) is 0 Å². The Labute approximate surface area is 535 Å². The molecular weight excluding hydrogens is 1200 g/mol. The first kappa shape index (κ1) is 83.1. The average molecular weight is 1300 g/mol. The predicted molar refractivity (Wildman–Crippen MR) is 325 cm³/mol. The Morgan fingerprint density at radius 3 is 1.08 bits per heavy atom. The highest BCUT2D eigenvalue weighted by molar-refractivity contribution is 6.01. The van der Waals surface area contributed by atoms with Crippen molar-refractivity contribution < 1.29 is 114 Å². The van der Waals surface area contributed by atoms with Crippen molar-refractivity contribution in [2.24, 2.45) is 0 Å². The number of unbranched alkanes of at least 4 members (excludes halogenated alkanes) is 2. The maximum absolute atomic E-state index is 14.0. The molecule has 0 aromatic rings. The van der Waals surface area contributed by atoms with Crippen molar-refractivity contribution in [3.8, 4) is 37.0 Å². The molecule has 30 nitrogen and oxygen atoms in total. The zero-order valence-electron chi connectivity index (χ0n) is 53.0. The van der Waals surface area contributed by atoms with Crippen LogP contribution in [0.15, 0.2) is 0 Å². The normalized spacial score (nSPS) is 12.3. The molecule has 0 aromatic heterocycles. The monoisotopic (exact) mass is 1300 g/mol. The van der Waals surface area contributed by atoms with Crippen LogP contribution in [0, 0.1) is 37.0 Å². The number of imide groups is 1. The molecule has 0 unspecified atom stereocenters. The van der Waals surface area contributed by atoms with Gasteiger partial charge in [-0.05, 0) is 19.3 Å². The number of hydroxylamine groups is 2. The Hall–Kier alpha value is -5.96. The number of ether oxygens (including phenoxy) is 15. The fraction of sp³-hybridized carbons (Fsp3) is 0.770. The van der Waals surface area contributed by atoms with Crippen LogP contribution in [0.4, 0.5) is 0 Å². The van der Waals surface area contributed by atoms with E-state index in [4.69, 9.17) is 95.2 Å². The summed E-state index contributed by atoms with van der Waals surface area (Å²) in [6.45, 7) is 9.72. The lowest BCUT2D eigenvalue weighted by molar-refractivity contribution is -0.197. The minimum absolute atomic E-state index is 0.0107. The number of nitrogens with zero attached hydrogens (tertiary/aromatic N) is 2. The number of terminal acetylenes is 3. The molecule has 4 N–H and O–H groups in total. The molecule has 0 aliphatic carbocycles. The van der Waals surface area contributed by atoms with E-state index < -0.39 is 41.5 Å². The summed E-state index contributed by atoms with van der Waals surface area (Å²) in [7, 11) is 0. The van der Waals surface area contributed by atoms with Gasteiger partial charge in [0.05, 0.1) is 178 Å². The fourth-order valence-electron chi connectivity index (χ4n) is 7.40. The van der Waals surface area contributed by atoms with E-state index in [1.54, 1.807) is 0 Å². The Balaban J connectivity index is 2.76. The Bertz CT molecular complexity index is 1980. The third kappa shape index (κ3) is 53.3. The van der Waals surface area contributed by atoms with Crippen LogP contribution in [-0.4, -0.2) is 294 Å². The number of hydrogen-bond acceptors (Lipinski definition) is 24. The van der Waals surface area contributed by atoms with Gasteiger partial charge in [-0.3, -0.25) is 33.6 Å². The molecule has 91 heavy (non-hydrogen) atoms. The number of carbonyl (C=O) groups is 8. The van der Waals surface area contributed by atoms with Crippen molar-refractivity contribution >= 4 is 47.3 Å². The third-order valence-corrected chi connectivity index (χ3v) is 12.1. The van der Waals surface area contributed by atoms with Gasteiger partial charge in [0.25, 0.3) is 11.8 Å². The van der Waals surface area contributed by atoms with Gasteiger partial charge in [0.2, 0.25) is 29.5 Å². The summed E-state index contributed by atoms with van der Waals surface area (Å²) < 4.78 is 81.1. The van der Waals surface area contributed by atoms with E-state index in [2.05, 4.69) is 39.0 Å². The van der Waals surface area contributed by atoms with E-state index in [1.165, 1.54) is 4.90 Å². The first-order valence-electron chi connectivity index (χ1n) is 30.9. The SMILES string of the molecule is C#CCOCCOCCOCCOCCOCCC(=O)NCCN(CCNC(=O)CCOCCOCCOCCOCCOCC#C)C(=O)CC[C@H](NC(=O)CCOCCOCCOCCOCCOCC#C)C(=O)NCCCCCC(=O)ON1C(=O)CCC1=O. The lowest BCUT2D eigenvalue weighted by atomic mass is 10.1. The number of hydrogen-bond donors (Lipinski definition) is 4. The highest BCUT2D eigenvalue weighted by atomic mass is 16.7. The summed E-state index contributed by atoms with van der Waals surface area (Å²) in [4.78, 5) is 109. The summed E-state index contributed by atoms with van der Waals surface area (Å²) >= 11 is 0. The zero-order valence-corrected chi connectivity index (χ0v) is 53.0. The van der Waals surface area contributed by atoms with Crippen LogP contribution in [0.3, 0.4) is 0 Å². The number of rotatable bonds is 66. The second-order valence-corrected chi connectivity index (χ2v) is 19.3. The minimum Gasteiger partial charge on any atom is -0.379 e. The van der Waals surface area contributed by atoms with Gasteiger partial charge in [0, 0.05) is 77.7 Å². The van der Waals surface area contributed by atoms with Gasteiger partial charge in [-0.1, -0.05) is 24.2 Å². The summed E-state index contributed by atoms with van der Waals surface area (Å²) in [6.07, 6.45) is 16.1. The van der Waals surface area contributed by atoms with E-state index in [9.17, 15) is 38.4 Å². The molecule has 7 amide bonds. The quantitative estimate of drug-likeness (QED) is 0.0320. The highest BCUT2D eigenvalue weighted by Gasteiger charge is 2.32. The summed E-state index contributed by atoms with van der Waals surface area (Å²) in [5.74, 6) is 3.09. The summed E-state index contributed by atoms with van der Waals surface area (Å²) in [6, 6.07) is -1.15. The molecule has 1 fully saturated rings. The minimum atomic E-state index is -1.15. The molecule has 1 atom stereocenters. The molecule has 0 bridgehead atoms. The lowest BCUT2D eigenvalue weighted by Gasteiger charge is -2.25. The maximum atomic E-state index is 14.0. The number of carbonyl (C=O) groups excluding carboxylic acids is 8. The van der Waals surface area contributed by atoms with Crippen molar-refractivity contribution in [2.75, 3.05) is 231 Å². The zero-order chi connectivity index (χ0) is 66.1. The van der Waals surface area contributed by atoms with E-state index in [0.717, 1.165) is 0 Å². The molecule has 0 spiro atoms. The van der Waals surface area contributed by atoms with Crippen LogP contribution in [0.5, 0.6) is 0 Å². The van der Waals surface area contributed by atoms with Gasteiger partial charge >= 0.3 is 5.97 Å². The Morgan fingerprint density at radius 1 is 0.396 bits per heavy atom. The molecule has 30 heteroatoms. The summed E-state index contributed by atoms with van der Waals surface area (Å²) in [5.41, 5.74) is 0. The number of amides is 7. The van der Waals surface area contributed by atoms with Crippen molar-refractivity contribution in [2.45, 2.75) is 76.7 Å². The van der Waals surface area contributed by atoms with E-state index in [-0.39, 0.29) is 162 Å². The molecule has 1 heterocycles. The Kier molecular flexibility index (Phi) is 57.3. The molecule has 518 valence electrons. The molecule has 1 aliphatic heterocycles. The van der Waals surface area contributed by atoms with Gasteiger partial charge in [-0.15, -0.1) is 24.3 Å². The Morgan fingerprint density at radius 2 is 0.725 bits per heavy atom. The molecule has 0 aromatic carbocycles. The highest BCUT2D eigenvalue weighted by Crippen LogP contribution is 2.14. The largest absolute Gasteiger partial charge is 0.379 e. The maximum Gasteiger partial charge on any atom is 0.333 e.